The Bertz CT molecular complexity index is 1470. The van der Waals surface area contributed by atoms with Crippen LogP contribution in [0.3, 0.4) is 0 Å². The minimum absolute atomic E-state index is 0.192. The second-order valence-corrected chi connectivity index (χ2v) is 8.10. The van der Waals surface area contributed by atoms with Crippen LogP contribution in [0, 0.1) is 0 Å². The van der Waals surface area contributed by atoms with Gasteiger partial charge in [-0.1, -0.05) is 65.9 Å². The van der Waals surface area contributed by atoms with Crippen molar-refractivity contribution in [2.45, 2.75) is 6.61 Å². The Kier molecular flexibility index (Phi) is 5.39. The molecule has 2 aromatic heterocycles. The van der Waals surface area contributed by atoms with E-state index in [2.05, 4.69) is 10.1 Å². The number of nitrogens with zero attached hydrogens (tertiary/aromatic N) is 3. The van der Waals surface area contributed by atoms with Gasteiger partial charge in [-0.2, -0.15) is 9.50 Å². The van der Waals surface area contributed by atoms with Gasteiger partial charge in [0, 0.05) is 0 Å². The molecule has 0 saturated carbocycles. The molecule has 0 spiro atoms. The Morgan fingerprint density at radius 1 is 0.969 bits per heavy atom. The average molecular weight is 442 g/mol. The first kappa shape index (κ1) is 20.0. The molecule has 0 radical (unpaired) electrons. The molecule has 5 aromatic rings. The van der Waals surface area contributed by atoms with Crippen molar-refractivity contribution in [3.05, 3.63) is 105 Å². The first-order chi connectivity index (χ1) is 15.7. The van der Waals surface area contributed by atoms with Crippen LogP contribution in [0.15, 0.2) is 83.7 Å². The zero-order chi connectivity index (χ0) is 21.9. The Morgan fingerprint density at radius 3 is 2.47 bits per heavy atom. The fourth-order valence-electron chi connectivity index (χ4n) is 3.33. The average Bonchev–Trinajstić information content (AvgIpc) is 3.38. The Morgan fingerprint density at radius 2 is 1.72 bits per heavy atom. The summed E-state index contributed by atoms with van der Waals surface area (Å²) in [4.78, 5) is 17.9. The van der Waals surface area contributed by atoms with Crippen molar-refractivity contribution in [2.24, 2.45) is 0 Å². The fourth-order valence-corrected chi connectivity index (χ4v) is 4.24. The van der Waals surface area contributed by atoms with Crippen LogP contribution in [-0.4, -0.2) is 21.7 Å². The largest absolute Gasteiger partial charge is 0.496 e. The first-order valence-corrected chi connectivity index (χ1v) is 10.8. The van der Waals surface area contributed by atoms with E-state index in [-0.39, 0.29) is 5.56 Å². The van der Waals surface area contributed by atoms with Gasteiger partial charge < -0.3 is 9.47 Å². The van der Waals surface area contributed by atoms with E-state index < -0.39 is 0 Å². The molecule has 7 heteroatoms. The van der Waals surface area contributed by atoms with E-state index in [0.717, 1.165) is 22.4 Å². The predicted octanol–water partition coefficient (Wildman–Crippen LogP) is 3.95. The Hall–Kier alpha value is -3.97. The summed E-state index contributed by atoms with van der Waals surface area (Å²) in [5.74, 6) is 1.91. The molecule has 0 aliphatic heterocycles. The lowest BCUT2D eigenvalue weighted by Crippen LogP contribution is -2.23. The summed E-state index contributed by atoms with van der Waals surface area (Å²) in [7, 11) is 1.60. The molecule has 2 heterocycles. The van der Waals surface area contributed by atoms with Gasteiger partial charge in [-0.05, 0) is 41.5 Å². The zero-order valence-electron chi connectivity index (χ0n) is 17.3. The third kappa shape index (κ3) is 3.98. The van der Waals surface area contributed by atoms with E-state index >= 15 is 0 Å². The monoisotopic (exact) mass is 441 g/mol. The number of ether oxygens (including phenoxy) is 2. The van der Waals surface area contributed by atoms with Gasteiger partial charge in [0.2, 0.25) is 4.96 Å². The predicted molar refractivity (Wildman–Crippen MR) is 125 cm³/mol. The standard InChI is InChI=1S/C25H19N3O3S/c1-30-21-10-6-5-9-20(21)23-26-25-28(27-23)24(29)22(32-25)15-17-11-13-19(14-12-17)31-16-18-7-3-2-4-8-18/h2-15H,16H2,1H3/b22-15-. The Balaban J connectivity index is 1.38. The van der Waals surface area contributed by atoms with Gasteiger partial charge in [0.1, 0.15) is 18.1 Å². The van der Waals surface area contributed by atoms with Crippen LogP contribution < -0.4 is 19.6 Å². The van der Waals surface area contributed by atoms with Crippen molar-refractivity contribution in [1.82, 2.24) is 14.6 Å². The maximum absolute atomic E-state index is 12.8. The highest BCUT2D eigenvalue weighted by molar-refractivity contribution is 7.15. The van der Waals surface area contributed by atoms with Gasteiger partial charge in [-0.15, -0.1) is 5.10 Å². The van der Waals surface area contributed by atoms with Crippen molar-refractivity contribution < 1.29 is 9.47 Å². The lowest BCUT2D eigenvalue weighted by atomic mass is 10.2. The van der Waals surface area contributed by atoms with E-state index in [9.17, 15) is 4.79 Å². The molecule has 0 saturated heterocycles. The summed E-state index contributed by atoms with van der Waals surface area (Å²) in [5.41, 5.74) is 2.58. The molecule has 158 valence electrons. The molecule has 0 bridgehead atoms. The summed E-state index contributed by atoms with van der Waals surface area (Å²) in [6.07, 6.45) is 1.84. The summed E-state index contributed by atoms with van der Waals surface area (Å²) < 4.78 is 13.1. The van der Waals surface area contributed by atoms with Crippen molar-refractivity contribution in [2.75, 3.05) is 7.11 Å². The van der Waals surface area contributed by atoms with Crippen LogP contribution >= 0.6 is 11.3 Å². The van der Waals surface area contributed by atoms with Gasteiger partial charge >= 0.3 is 0 Å². The second-order valence-electron chi connectivity index (χ2n) is 7.09. The molecule has 5 rings (SSSR count). The van der Waals surface area contributed by atoms with E-state index in [1.54, 1.807) is 7.11 Å². The summed E-state index contributed by atoms with van der Waals surface area (Å²) >= 11 is 1.31. The van der Waals surface area contributed by atoms with Crippen LogP contribution in [-0.2, 0) is 6.61 Å². The Labute approximate surface area is 188 Å². The van der Waals surface area contributed by atoms with Gasteiger partial charge in [-0.25, -0.2) is 0 Å². The molecule has 0 aliphatic carbocycles. The lowest BCUT2D eigenvalue weighted by Gasteiger charge is -2.06. The van der Waals surface area contributed by atoms with E-state index in [1.165, 1.54) is 15.9 Å². The number of thiazole rings is 1. The van der Waals surface area contributed by atoms with Gasteiger partial charge in [0.25, 0.3) is 5.56 Å². The number of hydrogen-bond acceptors (Lipinski definition) is 6. The van der Waals surface area contributed by atoms with E-state index in [4.69, 9.17) is 9.47 Å². The molecule has 0 N–H and O–H groups in total. The number of hydrogen-bond donors (Lipinski definition) is 0. The van der Waals surface area contributed by atoms with Crippen molar-refractivity contribution in [3.8, 4) is 22.9 Å². The minimum Gasteiger partial charge on any atom is -0.496 e. The van der Waals surface area contributed by atoms with Gasteiger partial charge in [0.05, 0.1) is 17.2 Å². The van der Waals surface area contributed by atoms with E-state index in [1.807, 2.05) is 84.9 Å². The third-order valence-corrected chi connectivity index (χ3v) is 5.92. The molecule has 6 nitrogen and oxygen atoms in total. The van der Waals surface area contributed by atoms with Crippen LogP contribution in [0.4, 0.5) is 0 Å². The molecular weight excluding hydrogens is 422 g/mol. The molecule has 0 aliphatic rings. The SMILES string of the molecule is COc1ccccc1-c1nc2s/c(=C\c3ccc(OCc4ccccc4)cc3)c(=O)n2n1. The minimum atomic E-state index is -0.192. The summed E-state index contributed by atoms with van der Waals surface area (Å²) in [6, 6.07) is 25.1. The smallest absolute Gasteiger partial charge is 0.291 e. The highest BCUT2D eigenvalue weighted by atomic mass is 32.1. The number of fused-ring (bicyclic) bond motifs is 1. The molecule has 0 unspecified atom stereocenters. The quantitative estimate of drug-likeness (QED) is 0.399. The second kappa shape index (κ2) is 8.64. The molecular formula is C25H19N3O3S. The fraction of sp³-hybridized carbons (Fsp3) is 0.0800. The summed E-state index contributed by atoms with van der Waals surface area (Å²) in [5, 5.41) is 4.40. The highest BCUT2D eigenvalue weighted by Gasteiger charge is 2.14. The topological polar surface area (TPSA) is 65.7 Å². The molecule has 3 aromatic carbocycles. The molecule has 0 fully saturated rings. The lowest BCUT2D eigenvalue weighted by molar-refractivity contribution is 0.306. The normalized spacial score (nSPS) is 11.7. The molecule has 0 amide bonds. The maximum atomic E-state index is 12.8. The maximum Gasteiger partial charge on any atom is 0.291 e. The number of methoxy groups -OCH3 is 1. The van der Waals surface area contributed by atoms with Gasteiger partial charge in [0.15, 0.2) is 5.82 Å². The van der Waals surface area contributed by atoms with Crippen molar-refractivity contribution in [1.29, 1.82) is 0 Å². The number of aromatic nitrogens is 3. The van der Waals surface area contributed by atoms with Crippen LogP contribution in [0.2, 0.25) is 0 Å². The van der Waals surface area contributed by atoms with Crippen LogP contribution in [0.25, 0.3) is 22.4 Å². The highest BCUT2D eigenvalue weighted by Crippen LogP contribution is 2.27. The van der Waals surface area contributed by atoms with Crippen LogP contribution in [0.1, 0.15) is 11.1 Å². The van der Waals surface area contributed by atoms with E-state index in [0.29, 0.717) is 27.7 Å². The zero-order valence-corrected chi connectivity index (χ0v) is 18.1. The molecule has 32 heavy (non-hydrogen) atoms. The third-order valence-electron chi connectivity index (χ3n) is 4.96. The summed E-state index contributed by atoms with van der Waals surface area (Å²) in [6.45, 7) is 0.511. The molecule has 0 atom stereocenters. The first-order valence-electron chi connectivity index (χ1n) is 10.0. The van der Waals surface area contributed by atoms with Crippen molar-refractivity contribution >= 4 is 22.4 Å². The number of para-hydroxylation sites is 1. The van der Waals surface area contributed by atoms with Crippen LogP contribution in [0.5, 0.6) is 11.5 Å². The number of benzene rings is 3. The number of rotatable bonds is 6. The van der Waals surface area contributed by atoms with Crippen molar-refractivity contribution in [3.63, 3.8) is 0 Å². The van der Waals surface area contributed by atoms with Gasteiger partial charge in [-0.3, -0.25) is 4.79 Å².